The molecule has 23 heavy (non-hydrogen) atoms. The molecule has 1 saturated heterocycles. The van der Waals surface area contributed by atoms with Gasteiger partial charge in [0.15, 0.2) is 5.17 Å². The number of nitrogens with zero attached hydrogens (tertiary/aromatic N) is 2. The number of allylic oxidation sites excluding steroid dienone is 1. The summed E-state index contributed by atoms with van der Waals surface area (Å²) >= 11 is 3.03. The summed E-state index contributed by atoms with van der Waals surface area (Å²) in [6, 6.07) is 1.56. The second-order valence-electron chi connectivity index (χ2n) is 5.48. The molecule has 3 rings (SSSR count). The molecular weight excluding hydrogens is 332 g/mol. The number of amidine groups is 1. The minimum atomic E-state index is -0.438. The van der Waals surface area contributed by atoms with Gasteiger partial charge < -0.3 is 4.74 Å². The van der Waals surface area contributed by atoms with Gasteiger partial charge in [-0.3, -0.25) is 9.69 Å². The van der Waals surface area contributed by atoms with Crippen molar-refractivity contribution in [2.75, 3.05) is 7.11 Å². The normalized spacial score (nSPS) is 23.9. The maximum absolute atomic E-state index is 12.8. The van der Waals surface area contributed by atoms with Crippen LogP contribution in [0.25, 0.3) is 0 Å². The highest BCUT2D eigenvalue weighted by atomic mass is 32.2. The van der Waals surface area contributed by atoms with Gasteiger partial charge in [-0.2, -0.15) is 0 Å². The van der Waals surface area contributed by atoms with Crippen LogP contribution in [0, 0.1) is 6.92 Å². The van der Waals surface area contributed by atoms with Crippen molar-refractivity contribution in [1.82, 2.24) is 4.90 Å². The van der Waals surface area contributed by atoms with E-state index in [1.807, 2.05) is 25.3 Å². The van der Waals surface area contributed by atoms with Gasteiger partial charge in [0, 0.05) is 4.88 Å². The molecule has 2 aliphatic rings. The minimum Gasteiger partial charge on any atom is -0.466 e. The van der Waals surface area contributed by atoms with E-state index in [0.29, 0.717) is 16.4 Å². The predicted octanol–water partition coefficient (Wildman–Crippen LogP) is 3.27. The van der Waals surface area contributed by atoms with Crippen LogP contribution in [0.5, 0.6) is 0 Å². The Balaban J connectivity index is 2.17. The van der Waals surface area contributed by atoms with E-state index >= 15 is 0 Å². The quantitative estimate of drug-likeness (QED) is 0.785. The number of rotatable bonds is 3. The number of aryl methyl sites for hydroxylation is 1. The van der Waals surface area contributed by atoms with Crippen molar-refractivity contribution in [2.45, 2.75) is 38.5 Å². The summed E-state index contributed by atoms with van der Waals surface area (Å²) in [5, 5.41) is 2.52. The van der Waals surface area contributed by atoms with E-state index in [9.17, 15) is 9.59 Å². The van der Waals surface area contributed by atoms with Crippen LogP contribution in [0.1, 0.15) is 36.8 Å². The van der Waals surface area contributed by atoms with E-state index in [1.165, 1.54) is 18.9 Å². The zero-order chi connectivity index (χ0) is 16.7. The molecule has 1 aromatic rings. The van der Waals surface area contributed by atoms with Crippen LogP contribution in [-0.2, 0) is 14.3 Å². The van der Waals surface area contributed by atoms with Crippen LogP contribution in [0.3, 0.4) is 0 Å². The number of thiophene rings is 1. The standard InChI is InChI=1S/C16H18N2O3S2/c1-5-10-14(19)18-12(13-8(2)6-7-22-13)11(15(20)21-4)9(3)17-16(18)23-10/h6-7,10,12H,5H2,1-4H3. The van der Waals surface area contributed by atoms with Crippen LogP contribution in [-0.4, -0.2) is 34.3 Å². The molecule has 0 N–H and O–H groups in total. The third kappa shape index (κ3) is 2.52. The first-order valence-electron chi connectivity index (χ1n) is 7.41. The Labute approximate surface area is 143 Å². The smallest absolute Gasteiger partial charge is 0.338 e. The Morgan fingerprint density at radius 1 is 1.43 bits per heavy atom. The highest BCUT2D eigenvalue weighted by Crippen LogP contribution is 2.45. The van der Waals surface area contributed by atoms with Crippen molar-refractivity contribution in [2.24, 2.45) is 4.99 Å². The summed E-state index contributed by atoms with van der Waals surface area (Å²) in [6.07, 6.45) is 0.738. The Morgan fingerprint density at radius 2 is 2.17 bits per heavy atom. The Hall–Kier alpha value is -1.60. The molecule has 2 atom stereocenters. The number of methoxy groups -OCH3 is 1. The molecule has 0 aliphatic carbocycles. The number of hydrogen-bond donors (Lipinski definition) is 0. The molecule has 2 aliphatic heterocycles. The van der Waals surface area contributed by atoms with Crippen molar-refractivity contribution in [1.29, 1.82) is 0 Å². The van der Waals surface area contributed by atoms with E-state index in [4.69, 9.17) is 4.74 Å². The number of fused-ring (bicyclic) bond motifs is 1. The first-order valence-corrected chi connectivity index (χ1v) is 9.17. The molecule has 1 fully saturated rings. The summed E-state index contributed by atoms with van der Waals surface area (Å²) in [6.45, 7) is 5.78. The number of ether oxygens (including phenoxy) is 1. The van der Waals surface area contributed by atoms with Gasteiger partial charge in [0.1, 0.15) is 6.04 Å². The highest BCUT2D eigenvalue weighted by Gasteiger charge is 2.47. The highest BCUT2D eigenvalue weighted by molar-refractivity contribution is 8.15. The van der Waals surface area contributed by atoms with Gasteiger partial charge in [0.2, 0.25) is 5.91 Å². The topological polar surface area (TPSA) is 59.0 Å². The van der Waals surface area contributed by atoms with Gasteiger partial charge in [-0.05, 0) is 37.3 Å². The summed E-state index contributed by atoms with van der Waals surface area (Å²) in [5.41, 5.74) is 2.14. The molecule has 0 saturated carbocycles. The number of hydrogen-bond acceptors (Lipinski definition) is 6. The summed E-state index contributed by atoms with van der Waals surface area (Å²) < 4.78 is 4.96. The lowest BCUT2D eigenvalue weighted by molar-refractivity contribution is -0.137. The number of amides is 1. The maximum Gasteiger partial charge on any atom is 0.338 e. The molecule has 0 spiro atoms. The predicted molar refractivity (Wildman–Crippen MR) is 92.5 cm³/mol. The van der Waals surface area contributed by atoms with E-state index in [2.05, 4.69) is 4.99 Å². The summed E-state index contributed by atoms with van der Waals surface area (Å²) in [7, 11) is 1.36. The van der Waals surface area contributed by atoms with Crippen LogP contribution < -0.4 is 0 Å². The zero-order valence-electron chi connectivity index (χ0n) is 13.5. The summed E-state index contributed by atoms with van der Waals surface area (Å²) in [4.78, 5) is 32.3. The molecule has 0 aromatic carbocycles. The molecular formula is C16H18N2O3S2. The Bertz CT molecular complexity index is 735. The van der Waals surface area contributed by atoms with Gasteiger partial charge in [0.25, 0.3) is 0 Å². The van der Waals surface area contributed by atoms with Crippen molar-refractivity contribution >= 4 is 40.1 Å². The van der Waals surface area contributed by atoms with Gasteiger partial charge in [-0.25, -0.2) is 9.79 Å². The third-order valence-electron chi connectivity index (χ3n) is 4.08. The van der Waals surface area contributed by atoms with Crippen LogP contribution >= 0.6 is 23.1 Å². The number of carbonyl (C=O) groups is 2. The van der Waals surface area contributed by atoms with Crippen LogP contribution in [0.4, 0.5) is 0 Å². The van der Waals surface area contributed by atoms with Crippen LogP contribution in [0.15, 0.2) is 27.7 Å². The average Bonchev–Trinajstić information content (AvgIpc) is 3.09. The van der Waals surface area contributed by atoms with E-state index in [0.717, 1.165) is 16.9 Å². The van der Waals surface area contributed by atoms with E-state index < -0.39 is 12.0 Å². The van der Waals surface area contributed by atoms with Gasteiger partial charge in [-0.1, -0.05) is 18.7 Å². The largest absolute Gasteiger partial charge is 0.466 e. The second-order valence-corrected chi connectivity index (χ2v) is 7.60. The summed E-state index contributed by atoms with van der Waals surface area (Å²) in [5.74, 6) is -0.413. The molecule has 7 heteroatoms. The number of esters is 1. The lowest BCUT2D eigenvalue weighted by Crippen LogP contribution is -2.40. The van der Waals surface area contributed by atoms with Crippen molar-refractivity contribution < 1.29 is 14.3 Å². The molecule has 0 bridgehead atoms. The molecule has 5 nitrogen and oxygen atoms in total. The van der Waals surface area contributed by atoms with Crippen LogP contribution in [0.2, 0.25) is 0 Å². The van der Waals surface area contributed by atoms with Crippen molar-refractivity contribution in [3.05, 3.63) is 33.2 Å². The SMILES string of the molecule is CCC1SC2=NC(C)=C(C(=O)OC)C(c3sccc3C)N2C1=O. The molecule has 122 valence electrons. The second kappa shape index (κ2) is 6.13. The molecule has 0 radical (unpaired) electrons. The Kier molecular flexibility index (Phi) is 4.33. The fourth-order valence-electron chi connectivity index (χ4n) is 2.87. The molecule has 1 aromatic heterocycles. The third-order valence-corrected chi connectivity index (χ3v) is 6.47. The number of aliphatic imine (C=N–C) groups is 1. The van der Waals surface area contributed by atoms with Crippen molar-refractivity contribution in [3.63, 3.8) is 0 Å². The fraction of sp³-hybridized carbons (Fsp3) is 0.438. The van der Waals surface area contributed by atoms with E-state index in [1.54, 1.807) is 23.2 Å². The van der Waals surface area contributed by atoms with E-state index in [-0.39, 0.29) is 11.2 Å². The molecule has 3 heterocycles. The van der Waals surface area contributed by atoms with Crippen molar-refractivity contribution in [3.8, 4) is 0 Å². The monoisotopic (exact) mass is 350 g/mol. The average molecular weight is 350 g/mol. The minimum absolute atomic E-state index is 0.0166. The lowest BCUT2D eigenvalue weighted by atomic mass is 9.98. The zero-order valence-corrected chi connectivity index (χ0v) is 15.1. The van der Waals surface area contributed by atoms with Gasteiger partial charge in [0.05, 0.1) is 23.6 Å². The first kappa shape index (κ1) is 16.3. The maximum atomic E-state index is 12.8. The lowest BCUT2D eigenvalue weighted by Gasteiger charge is -2.32. The molecule has 2 unspecified atom stereocenters. The first-order chi connectivity index (χ1) is 11.0. The molecule has 1 amide bonds. The number of thioether (sulfide) groups is 1. The number of carbonyl (C=O) groups excluding carboxylic acids is 2. The fourth-order valence-corrected chi connectivity index (χ4v) is 5.03. The Morgan fingerprint density at radius 3 is 2.74 bits per heavy atom. The van der Waals surface area contributed by atoms with Gasteiger partial charge >= 0.3 is 5.97 Å². The van der Waals surface area contributed by atoms with Gasteiger partial charge in [-0.15, -0.1) is 11.3 Å².